The Hall–Kier alpha value is -6.99. The van der Waals surface area contributed by atoms with Gasteiger partial charge in [0.05, 0.1) is 49.6 Å². The summed E-state index contributed by atoms with van der Waals surface area (Å²) in [5.74, 6) is -2.29. The second-order valence-corrected chi connectivity index (χ2v) is 12.6. The van der Waals surface area contributed by atoms with Crippen molar-refractivity contribution in [2.75, 3.05) is 26.6 Å². The van der Waals surface area contributed by atoms with Gasteiger partial charge in [0, 0.05) is 23.6 Å². The first-order chi connectivity index (χ1) is 25.7. The maximum Gasteiger partial charge on any atom is 0.335 e. The molecule has 19 heteroatoms. The number of aromatic carboxylic acids is 1. The molecular weight excluding hydrogens is 726 g/mol. The molecule has 0 bridgehead atoms. The van der Waals surface area contributed by atoms with E-state index in [0.29, 0.717) is 17.1 Å². The minimum Gasteiger partial charge on any atom is -0.505 e. The van der Waals surface area contributed by atoms with E-state index < -0.39 is 44.4 Å². The highest BCUT2D eigenvalue weighted by Gasteiger charge is 2.23. The van der Waals surface area contributed by atoms with Gasteiger partial charge in [-0.15, -0.1) is 15.3 Å². The number of carboxylic acids is 2. The highest BCUT2D eigenvalue weighted by Crippen LogP contribution is 2.45. The molecule has 5 aromatic carbocycles. The van der Waals surface area contributed by atoms with Gasteiger partial charge in [-0.1, -0.05) is 12.1 Å². The zero-order valence-electron chi connectivity index (χ0n) is 28.8. The Balaban J connectivity index is 1.50. The summed E-state index contributed by atoms with van der Waals surface area (Å²) in [6.45, 7) is 1.48. The predicted octanol–water partition coefficient (Wildman–Crippen LogP) is 8.65. The number of methoxy groups -OCH3 is 3. The molecule has 0 spiro atoms. The third kappa shape index (κ3) is 8.72. The van der Waals surface area contributed by atoms with Crippen LogP contribution in [0.4, 0.5) is 39.8 Å². The third-order valence-electron chi connectivity index (χ3n) is 7.63. The lowest BCUT2D eigenvalue weighted by molar-refractivity contribution is -0.137. The van der Waals surface area contributed by atoms with E-state index in [4.69, 9.17) is 14.2 Å². The summed E-state index contributed by atoms with van der Waals surface area (Å²) < 4.78 is 51.1. The van der Waals surface area contributed by atoms with Crippen molar-refractivity contribution in [1.29, 1.82) is 0 Å². The van der Waals surface area contributed by atoms with Gasteiger partial charge in [0.25, 0.3) is 10.1 Å². The minimum absolute atomic E-state index is 0.0126. The Morgan fingerprint density at radius 1 is 0.704 bits per heavy atom. The first-order valence-corrected chi connectivity index (χ1v) is 17.0. The van der Waals surface area contributed by atoms with E-state index in [9.17, 15) is 37.9 Å². The van der Waals surface area contributed by atoms with Crippen LogP contribution in [-0.2, 0) is 14.9 Å². The van der Waals surface area contributed by atoms with Crippen LogP contribution in [0.1, 0.15) is 17.3 Å². The molecule has 0 saturated heterocycles. The molecule has 0 fully saturated rings. The molecule has 18 nitrogen and oxygen atoms in total. The number of aliphatic carboxylic acids is 1. The number of carboxylic acid groups (broad SMARTS) is 2. The van der Waals surface area contributed by atoms with Gasteiger partial charge >= 0.3 is 11.9 Å². The van der Waals surface area contributed by atoms with Crippen molar-refractivity contribution in [3.05, 3.63) is 84.4 Å². The van der Waals surface area contributed by atoms with E-state index in [0.717, 1.165) is 6.07 Å². The fourth-order valence-corrected chi connectivity index (χ4v) is 5.55. The fraction of sp³-hybridized carbons (Fsp3) is 0.143. The Bertz CT molecular complexity index is 2470. The summed E-state index contributed by atoms with van der Waals surface area (Å²) in [5.41, 5.74) is 0.879. The lowest BCUT2D eigenvalue weighted by Crippen LogP contribution is -2.25. The van der Waals surface area contributed by atoms with Crippen molar-refractivity contribution in [3.63, 3.8) is 0 Å². The number of anilines is 1. The Morgan fingerprint density at radius 2 is 1.28 bits per heavy atom. The van der Waals surface area contributed by atoms with E-state index in [1.165, 1.54) is 82.9 Å². The first-order valence-electron chi connectivity index (χ1n) is 15.5. The van der Waals surface area contributed by atoms with Crippen LogP contribution in [0.25, 0.3) is 10.8 Å². The van der Waals surface area contributed by atoms with E-state index in [1.54, 1.807) is 18.2 Å². The number of nitrogens with one attached hydrogen (secondary N) is 1. The molecule has 1 unspecified atom stereocenters. The zero-order chi connectivity index (χ0) is 39.2. The molecule has 5 rings (SSSR count). The van der Waals surface area contributed by atoms with Crippen LogP contribution in [0, 0.1) is 0 Å². The van der Waals surface area contributed by atoms with Crippen LogP contribution < -0.4 is 19.5 Å². The van der Waals surface area contributed by atoms with Gasteiger partial charge in [0.2, 0.25) is 0 Å². The molecule has 54 heavy (non-hydrogen) atoms. The number of nitrogens with zero attached hydrogens (tertiary/aromatic N) is 6. The topological polar surface area (TPSA) is 263 Å². The average molecular weight is 758 g/mol. The van der Waals surface area contributed by atoms with Crippen LogP contribution >= 0.6 is 0 Å². The van der Waals surface area contributed by atoms with Crippen molar-refractivity contribution < 1.29 is 52.1 Å². The molecule has 0 aliphatic carbocycles. The molecule has 5 aromatic rings. The molecule has 0 radical (unpaired) electrons. The van der Waals surface area contributed by atoms with Crippen molar-refractivity contribution >= 4 is 72.6 Å². The Labute approximate surface area is 306 Å². The van der Waals surface area contributed by atoms with Gasteiger partial charge < -0.3 is 34.8 Å². The van der Waals surface area contributed by atoms with Gasteiger partial charge in [-0.25, -0.2) is 4.79 Å². The van der Waals surface area contributed by atoms with Crippen LogP contribution in [0.2, 0.25) is 0 Å². The number of carbonyl (C=O) groups is 2. The summed E-state index contributed by atoms with van der Waals surface area (Å²) in [4.78, 5) is 21.8. The number of aromatic hydroxyl groups is 1. The van der Waals surface area contributed by atoms with E-state index in [2.05, 4.69) is 36.0 Å². The Kier molecular flexibility index (Phi) is 11.4. The van der Waals surface area contributed by atoms with Crippen LogP contribution in [-0.4, -0.2) is 67.6 Å². The molecule has 0 heterocycles. The third-order valence-corrected chi connectivity index (χ3v) is 8.49. The van der Waals surface area contributed by atoms with Crippen LogP contribution in [0.15, 0.2) is 114 Å². The molecule has 0 saturated carbocycles. The second-order valence-electron chi connectivity index (χ2n) is 11.2. The number of ether oxygens (including phenoxy) is 3. The van der Waals surface area contributed by atoms with Crippen LogP contribution in [0.3, 0.4) is 0 Å². The number of rotatable bonds is 14. The maximum atomic E-state index is 12.4. The molecule has 0 aliphatic heterocycles. The van der Waals surface area contributed by atoms with Gasteiger partial charge in [-0.3, -0.25) is 9.35 Å². The number of hydrogen-bond donors (Lipinski definition) is 5. The standard InChI is InChI=1S/C35H31N7O11S/c1-18(34(44)45)36-25-11-10-23(15-28(25)51-2)38-37-22-9-8-19-13-31(54(48,49)50)32(33(43)24(19)14-22)42-41-27-17-29(52-3)26(16-30(27)53-4)40-39-21-7-5-6-20(12-21)35(46)47/h5-18,36,43H,1-4H3,(H,44,45)(H,46,47)(H,48,49,50). The summed E-state index contributed by atoms with van der Waals surface area (Å²) in [7, 11) is -0.849. The highest BCUT2D eigenvalue weighted by molar-refractivity contribution is 7.86. The van der Waals surface area contributed by atoms with E-state index >= 15 is 0 Å². The lowest BCUT2D eigenvalue weighted by Gasteiger charge is -2.14. The molecule has 0 aliphatic rings. The average Bonchev–Trinajstić information content (AvgIpc) is 3.15. The van der Waals surface area contributed by atoms with Crippen molar-refractivity contribution in [2.24, 2.45) is 30.7 Å². The number of phenolic OH excluding ortho intramolecular Hbond substituents is 1. The molecule has 1 atom stereocenters. The van der Waals surface area contributed by atoms with Crippen molar-refractivity contribution in [1.82, 2.24) is 0 Å². The Morgan fingerprint density at radius 3 is 1.87 bits per heavy atom. The molecule has 5 N–H and O–H groups in total. The molecular formula is C35H31N7O11S. The van der Waals surface area contributed by atoms with Gasteiger partial charge in [-0.2, -0.15) is 23.8 Å². The largest absolute Gasteiger partial charge is 0.505 e. The number of benzene rings is 5. The SMILES string of the molecule is COc1cc(N=Nc2c(S(=O)(=O)O)cc3ccc(N=Nc4ccc(NC(C)C(=O)O)c(OC)c4)cc3c2O)c(OC)cc1N=Nc1cccc(C(=O)O)c1. The smallest absolute Gasteiger partial charge is 0.335 e. The highest BCUT2D eigenvalue weighted by atomic mass is 32.2. The zero-order valence-corrected chi connectivity index (χ0v) is 29.6. The summed E-state index contributed by atoms with van der Waals surface area (Å²) in [6, 6.07) is 17.9. The van der Waals surface area contributed by atoms with Crippen molar-refractivity contribution in [3.8, 4) is 23.0 Å². The number of phenols is 1. The van der Waals surface area contributed by atoms with Gasteiger partial charge in [0.15, 0.2) is 5.75 Å². The quantitative estimate of drug-likeness (QED) is 0.0526. The summed E-state index contributed by atoms with van der Waals surface area (Å²) in [5, 5.41) is 57.6. The number of hydrogen-bond acceptors (Lipinski definition) is 15. The molecule has 0 amide bonds. The van der Waals surface area contributed by atoms with Crippen LogP contribution in [0.5, 0.6) is 23.0 Å². The summed E-state index contributed by atoms with van der Waals surface area (Å²) in [6.07, 6.45) is 0. The van der Waals surface area contributed by atoms with E-state index in [-0.39, 0.29) is 50.6 Å². The fourth-order valence-electron chi connectivity index (χ4n) is 4.89. The number of azo groups is 3. The molecule has 278 valence electrons. The monoisotopic (exact) mass is 757 g/mol. The van der Waals surface area contributed by atoms with Crippen molar-refractivity contribution in [2.45, 2.75) is 17.9 Å². The predicted molar refractivity (Wildman–Crippen MR) is 195 cm³/mol. The first kappa shape index (κ1) is 38.2. The second kappa shape index (κ2) is 16.1. The maximum absolute atomic E-state index is 12.4. The summed E-state index contributed by atoms with van der Waals surface area (Å²) >= 11 is 0. The van der Waals surface area contributed by atoms with E-state index in [1.807, 2.05) is 0 Å². The number of fused-ring (bicyclic) bond motifs is 1. The van der Waals surface area contributed by atoms with Gasteiger partial charge in [0.1, 0.15) is 45.2 Å². The van der Waals surface area contributed by atoms with Gasteiger partial charge in [-0.05, 0) is 60.8 Å². The minimum atomic E-state index is -4.93. The normalized spacial score (nSPS) is 12.4. The lowest BCUT2D eigenvalue weighted by atomic mass is 10.1. The molecule has 0 aromatic heterocycles.